The van der Waals surface area contributed by atoms with E-state index in [9.17, 15) is 14.7 Å². The average Bonchev–Trinajstić information content (AvgIpc) is 3.29. The zero-order chi connectivity index (χ0) is 19.9. The van der Waals surface area contributed by atoms with E-state index in [2.05, 4.69) is 15.9 Å². The van der Waals surface area contributed by atoms with Gasteiger partial charge in [0.2, 0.25) is 0 Å². The molecule has 1 aliphatic rings. The fourth-order valence-electron chi connectivity index (χ4n) is 3.67. The Morgan fingerprint density at radius 2 is 1.79 bits per heavy atom. The summed E-state index contributed by atoms with van der Waals surface area (Å²) in [5.41, 5.74) is 0.651. The summed E-state index contributed by atoms with van der Waals surface area (Å²) in [6.45, 7) is 2.27. The van der Waals surface area contributed by atoms with Crippen LogP contribution in [0.2, 0.25) is 0 Å². The van der Waals surface area contributed by atoms with Gasteiger partial charge in [0.05, 0.1) is 12.1 Å². The van der Waals surface area contributed by atoms with Crippen molar-refractivity contribution in [2.75, 3.05) is 11.4 Å². The molecule has 1 aromatic heterocycles. The lowest BCUT2D eigenvalue weighted by Crippen LogP contribution is -2.41. The predicted molar refractivity (Wildman–Crippen MR) is 111 cm³/mol. The molecule has 0 saturated carbocycles. The minimum Gasteiger partial charge on any atom is -0.375 e. The molecule has 6 heteroatoms. The van der Waals surface area contributed by atoms with Crippen LogP contribution in [0.5, 0.6) is 0 Å². The van der Waals surface area contributed by atoms with Gasteiger partial charge in [-0.05, 0) is 61.5 Å². The third-order valence-corrected chi connectivity index (χ3v) is 5.61. The number of hydrogen-bond donors (Lipinski definition) is 1. The Morgan fingerprint density at radius 3 is 2.43 bits per heavy atom. The maximum Gasteiger partial charge on any atom is 0.264 e. The molecular formula is C22H19BrN2O3. The molecule has 1 N–H and O–H groups in total. The number of nitrogens with zero attached hydrogens (tertiary/aromatic N) is 2. The molecule has 142 valence electrons. The van der Waals surface area contributed by atoms with Crippen molar-refractivity contribution in [1.82, 2.24) is 4.57 Å². The summed E-state index contributed by atoms with van der Waals surface area (Å²) in [5, 5.41) is 11.2. The maximum atomic E-state index is 12.9. The zero-order valence-electron chi connectivity index (χ0n) is 15.3. The van der Waals surface area contributed by atoms with Crippen molar-refractivity contribution in [2.24, 2.45) is 0 Å². The number of aliphatic hydroxyl groups is 1. The molecule has 3 aromatic rings. The fourth-order valence-corrected chi connectivity index (χ4v) is 4.03. The Hall–Kier alpha value is -2.70. The van der Waals surface area contributed by atoms with Gasteiger partial charge in [-0.25, -0.2) is 0 Å². The fraction of sp³-hybridized carbons (Fsp3) is 0.182. The molecule has 1 atom stereocenters. The Labute approximate surface area is 171 Å². The SMILES string of the molecule is CCN1C(=O)[C@@](O)(CC(=O)c2ccc(-n3cccc3)cc2)c2cc(Br)ccc21. The van der Waals surface area contributed by atoms with Crippen LogP contribution < -0.4 is 4.90 Å². The number of carbonyl (C=O) groups excluding carboxylic acids is 2. The monoisotopic (exact) mass is 438 g/mol. The molecule has 0 unspecified atom stereocenters. The number of anilines is 1. The normalized spacial score (nSPS) is 18.4. The number of ketones is 1. The lowest BCUT2D eigenvalue weighted by Gasteiger charge is -2.22. The summed E-state index contributed by atoms with van der Waals surface area (Å²) in [7, 11) is 0. The zero-order valence-corrected chi connectivity index (χ0v) is 16.9. The number of hydrogen-bond acceptors (Lipinski definition) is 3. The lowest BCUT2D eigenvalue weighted by atomic mass is 9.88. The standard InChI is InChI=1S/C22H19BrN2O3/c1-2-25-19-10-7-16(23)13-18(19)22(28,21(25)27)14-20(26)15-5-8-17(9-6-15)24-11-3-4-12-24/h3-13,28H,2,14H2,1H3/t22-/m1/s1. The molecule has 0 radical (unpaired) electrons. The van der Waals surface area contributed by atoms with Crippen molar-refractivity contribution < 1.29 is 14.7 Å². The number of Topliss-reactive ketones (excluding diaryl/α,β-unsaturated/α-hetero) is 1. The molecule has 4 rings (SSSR count). The molecular weight excluding hydrogens is 420 g/mol. The minimum atomic E-state index is -1.86. The first kappa shape index (κ1) is 18.7. The summed E-state index contributed by atoms with van der Waals surface area (Å²) < 4.78 is 2.69. The van der Waals surface area contributed by atoms with Gasteiger partial charge in [0.15, 0.2) is 11.4 Å². The molecule has 28 heavy (non-hydrogen) atoms. The van der Waals surface area contributed by atoms with Gasteiger partial charge in [-0.1, -0.05) is 15.9 Å². The van der Waals surface area contributed by atoms with E-state index in [1.165, 1.54) is 4.90 Å². The second-order valence-corrected chi connectivity index (χ2v) is 7.72. The highest BCUT2D eigenvalue weighted by atomic mass is 79.9. The second kappa shape index (κ2) is 7.04. The number of amides is 1. The van der Waals surface area contributed by atoms with Gasteiger partial charge in [0.25, 0.3) is 5.91 Å². The van der Waals surface area contributed by atoms with Crippen LogP contribution in [0.4, 0.5) is 5.69 Å². The molecule has 1 aliphatic heterocycles. The van der Waals surface area contributed by atoms with Crippen LogP contribution in [0.1, 0.15) is 29.3 Å². The van der Waals surface area contributed by atoms with Crippen molar-refractivity contribution in [3.63, 3.8) is 0 Å². The summed E-state index contributed by atoms with van der Waals surface area (Å²) in [5.74, 6) is -0.737. The molecule has 1 amide bonds. The summed E-state index contributed by atoms with van der Waals surface area (Å²) in [4.78, 5) is 27.3. The first-order chi connectivity index (χ1) is 13.4. The van der Waals surface area contributed by atoms with Crippen LogP contribution in [-0.4, -0.2) is 27.9 Å². The van der Waals surface area contributed by atoms with E-state index in [4.69, 9.17) is 0 Å². The quantitative estimate of drug-likeness (QED) is 0.610. The number of halogens is 1. The van der Waals surface area contributed by atoms with E-state index in [0.29, 0.717) is 23.4 Å². The summed E-state index contributed by atoms with van der Waals surface area (Å²) in [6, 6.07) is 16.3. The lowest BCUT2D eigenvalue weighted by molar-refractivity contribution is -0.135. The van der Waals surface area contributed by atoms with Crippen LogP contribution in [-0.2, 0) is 10.4 Å². The van der Waals surface area contributed by atoms with Crippen LogP contribution in [0.3, 0.4) is 0 Å². The summed E-state index contributed by atoms with van der Waals surface area (Å²) in [6.07, 6.45) is 3.55. The van der Waals surface area contributed by atoms with Gasteiger partial charge in [-0.15, -0.1) is 0 Å². The van der Waals surface area contributed by atoms with Gasteiger partial charge in [0, 0.05) is 40.2 Å². The summed E-state index contributed by atoms with van der Waals surface area (Å²) >= 11 is 3.39. The van der Waals surface area contributed by atoms with E-state index >= 15 is 0 Å². The van der Waals surface area contributed by atoms with E-state index in [-0.39, 0.29) is 12.2 Å². The third kappa shape index (κ3) is 2.99. The first-order valence-electron chi connectivity index (χ1n) is 9.05. The Kier molecular flexibility index (Phi) is 4.69. The van der Waals surface area contributed by atoms with Crippen LogP contribution in [0, 0.1) is 0 Å². The van der Waals surface area contributed by atoms with Gasteiger partial charge in [-0.3, -0.25) is 9.59 Å². The number of carbonyl (C=O) groups is 2. The highest BCUT2D eigenvalue weighted by molar-refractivity contribution is 9.10. The van der Waals surface area contributed by atoms with Gasteiger partial charge in [-0.2, -0.15) is 0 Å². The minimum absolute atomic E-state index is 0.279. The van der Waals surface area contributed by atoms with Gasteiger partial charge in [0.1, 0.15) is 0 Å². The van der Waals surface area contributed by atoms with E-state index in [1.54, 1.807) is 24.3 Å². The van der Waals surface area contributed by atoms with Gasteiger partial charge < -0.3 is 14.6 Å². The molecule has 0 aliphatic carbocycles. The average molecular weight is 439 g/mol. The van der Waals surface area contributed by atoms with Crippen LogP contribution in [0.15, 0.2) is 71.5 Å². The highest BCUT2D eigenvalue weighted by Gasteiger charge is 2.50. The topological polar surface area (TPSA) is 62.5 Å². The Balaban J connectivity index is 1.64. The highest BCUT2D eigenvalue weighted by Crippen LogP contribution is 2.44. The first-order valence-corrected chi connectivity index (χ1v) is 9.84. The second-order valence-electron chi connectivity index (χ2n) is 6.81. The Morgan fingerprint density at radius 1 is 1.11 bits per heavy atom. The number of fused-ring (bicyclic) bond motifs is 1. The number of benzene rings is 2. The van der Waals surface area contributed by atoms with Crippen molar-refractivity contribution in [1.29, 1.82) is 0 Å². The Bertz CT molecular complexity index is 1040. The molecule has 5 nitrogen and oxygen atoms in total. The molecule has 0 spiro atoms. The maximum absolute atomic E-state index is 12.9. The van der Waals surface area contributed by atoms with E-state index in [1.807, 2.05) is 54.2 Å². The van der Waals surface area contributed by atoms with E-state index in [0.717, 1.165) is 10.2 Å². The number of rotatable bonds is 5. The van der Waals surface area contributed by atoms with Gasteiger partial charge >= 0.3 is 0 Å². The molecule has 0 saturated heterocycles. The number of likely N-dealkylation sites (N-methyl/N-ethyl adjacent to an activating group) is 1. The van der Waals surface area contributed by atoms with Crippen LogP contribution >= 0.6 is 15.9 Å². The van der Waals surface area contributed by atoms with Crippen molar-refractivity contribution in [2.45, 2.75) is 18.9 Å². The molecule has 0 fully saturated rings. The predicted octanol–water partition coefficient (Wildman–Crippen LogP) is 4.07. The third-order valence-electron chi connectivity index (χ3n) is 5.12. The van der Waals surface area contributed by atoms with Crippen LogP contribution in [0.25, 0.3) is 5.69 Å². The van der Waals surface area contributed by atoms with Crippen molar-refractivity contribution in [3.8, 4) is 5.69 Å². The number of aromatic nitrogens is 1. The van der Waals surface area contributed by atoms with Crippen molar-refractivity contribution in [3.05, 3.63) is 82.6 Å². The smallest absolute Gasteiger partial charge is 0.264 e. The molecule has 2 heterocycles. The largest absolute Gasteiger partial charge is 0.375 e. The molecule has 0 bridgehead atoms. The van der Waals surface area contributed by atoms with E-state index < -0.39 is 11.5 Å². The van der Waals surface area contributed by atoms with Crippen molar-refractivity contribution >= 4 is 33.3 Å². The molecule has 2 aromatic carbocycles.